The van der Waals surface area contributed by atoms with Crippen LogP contribution >= 0.6 is 0 Å². The van der Waals surface area contributed by atoms with Crippen LogP contribution in [0.2, 0.25) is 0 Å². The number of nitrogens with one attached hydrogen (secondary N) is 3. The van der Waals surface area contributed by atoms with Crippen LogP contribution < -0.4 is 16.0 Å². The highest BCUT2D eigenvalue weighted by Crippen LogP contribution is 2.17. The van der Waals surface area contributed by atoms with Crippen LogP contribution in [0.4, 0.5) is 0 Å². The maximum atomic E-state index is 12.0. The van der Waals surface area contributed by atoms with Gasteiger partial charge in [-0.1, -0.05) is 25.0 Å². The minimum absolute atomic E-state index is 0.128. The molecular weight excluding hydrogens is 364 g/mol. The number of hydrogen-bond donors (Lipinski definition) is 3. The summed E-state index contributed by atoms with van der Waals surface area (Å²) in [5.41, 5.74) is 2.21. The maximum Gasteiger partial charge on any atom is 0.221 e. The minimum atomic E-state index is 0.128. The van der Waals surface area contributed by atoms with Gasteiger partial charge in [0.2, 0.25) is 5.91 Å². The van der Waals surface area contributed by atoms with E-state index in [2.05, 4.69) is 36.6 Å². The molecule has 1 aliphatic rings. The first-order valence-electron chi connectivity index (χ1n) is 10.9. The molecule has 0 saturated heterocycles. The van der Waals surface area contributed by atoms with Gasteiger partial charge >= 0.3 is 0 Å². The number of aliphatic imine (C=N–C) groups is 1. The summed E-state index contributed by atoms with van der Waals surface area (Å²) in [6.45, 7) is 7.09. The molecule has 0 spiro atoms. The van der Waals surface area contributed by atoms with Crippen LogP contribution in [0.3, 0.4) is 0 Å². The summed E-state index contributed by atoms with van der Waals surface area (Å²) in [4.78, 5) is 21.3. The van der Waals surface area contributed by atoms with Crippen molar-refractivity contribution < 1.29 is 4.79 Å². The Balaban J connectivity index is 1.42. The van der Waals surface area contributed by atoms with E-state index < -0.39 is 0 Å². The Morgan fingerprint density at radius 2 is 2.03 bits per heavy atom. The number of carbonyl (C=O) groups is 1. The van der Waals surface area contributed by atoms with E-state index in [1.165, 1.54) is 18.4 Å². The molecule has 1 aromatic heterocycles. The molecule has 1 fully saturated rings. The van der Waals surface area contributed by atoms with Gasteiger partial charge in [0.05, 0.1) is 11.0 Å². The summed E-state index contributed by atoms with van der Waals surface area (Å²) in [6.07, 6.45) is 6.11. The van der Waals surface area contributed by atoms with Crippen LogP contribution in [0.15, 0.2) is 29.3 Å². The average molecular weight is 399 g/mol. The average Bonchev–Trinajstić information content (AvgIpc) is 3.32. The third-order valence-corrected chi connectivity index (χ3v) is 5.36. The number of fused-ring (bicyclic) bond motifs is 1. The van der Waals surface area contributed by atoms with Crippen molar-refractivity contribution in [1.29, 1.82) is 0 Å². The molecule has 1 saturated carbocycles. The Kier molecular flexibility index (Phi) is 7.90. The number of guanidine groups is 1. The number of hydrogen-bond acceptors (Lipinski definition) is 3. The third kappa shape index (κ3) is 6.21. The summed E-state index contributed by atoms with van der Waals surface area (Å²) in [5, 5.41) is 9.65. The fourth-order valence-corrected chi connectivity index (χ4v) is 3.90. The number of benzene rings is 1. The number of rotatable bonds is 9. The standard InChI is InChI=1S/C22H34N6O/c1-3-23-22(25-15-13-21(29)27-18-9-4-5-10-18)24-14-8-16-28-17(2)26-19-11-6-7-12-20(19)28/h6-7,11-12,18H,3-5,8-10,13-16H2,1-2H3,(H,27,29)(H2,23,24,25). The second kappa shape index (κ2) is 10.8. The topological polar surface area (TPSA) is 83.3 Å². The van der Waals surface area contributed by atoms with Gasteiger partial charge in [-0.3, -0.25) is 9.79 Å². The first-order chi connectivity index (χ1) is 14.2. The highest BCUT2D eigenvalue weighted by atomic mass is 16.1. The molecule has 158 valence electrons. The van der Waals surface area contributed by atoms with Gasteiger partial charge in [0, 0.05) is 38.6 Å². The number of amides is 1. The summed E-state index contributed by atoms with van der Waals surface area (Å²) in [6, 6.07) is 8.61. The minimum Gasteiger partial charge on any atom is -0.357 e. The second-order valence-corrected chi connectivity index (χ2v) is 7.64. The summed E-state index contributed by atoms with van der Waals surface area (Å²) < 4.78 is 2.25. The number of nitrogens with zero attached hydrogens (tertiary/aromatic N) is 3. The molecule has 0 radical (unpaired) electrons. The number of aryl methyl sites for hydroxylation is 2. The van der Waals surface area contributed by atoms with E-state index in [1.807, 2.05) is 32.0 Å². The third-order valence-electron chi connectivity index (χ3n) is 5.36. The molecule has 1 aromatic carbocycles. The van der Waals surface area contributed by atoms with Crippen molar-refractivity contribution in [3.63, 3.8) is 0 Å². The summed E-state index contributed by atoms with van der Waals surface area (Å²) in [5.74, 6) is 1.93. The SMILES string of the molecule is CCNC(=NCCCn1c(C)nc2ccccc21)NCCC(=O)NC1CCCC1. The molecule has 7 heteroatoms. The molecule has 1 heterocycles. The number of carbonyl (C=O) groups excluding carboxylic acids is 1. The fraction of sp³-hybridized carbons (Fsp3) is 0.591. The second-order valence-electron chi connectivity index (χ2n) is 7.64. The largest absolute Gasteiger partial charge is 0.357 e. The Labute approximate surface area is 173 Å². The molecule has 0 unspecified atom stereocenters. The van der Waals surface area contributed by atoms with Crippen molar-refractivity contribution >= 4 is 22.9 Å². The smallest absolute Gasteiger partial charge is 0.221 e. The molecule has 0 atom stereocenters. The van der Waals surface area contributed by atoms with E-state index in [4.69, 9.17) is 0 Å². The lowest BCUT2D eigenvalue weighted by Gasteiger charge is -2.14. The lowest BCUT2D eigenvalue weighted by Crippen LogP contribution is -2.40. The van der Waals surface area contributed by atoms with Gasteiger partial charge in [0.25, 0.3) is 0 Å². The van der Waals surface area contributed by atoms with Gasteiger partial charge in [0.15, 0.2) is 5.96 Å². The monoisotopic (exact) mass is 398 g/mol. The summed E-state index contributed by atoms with van der Waals surface area (Å²) in [7, 11) is 0. The molecule has 2 aromatic rings. The lowest BCUT2D eigenvalue weighted by molar-refractivity contribution is -0.121. The van der Waals surface area contributed by atoms with Gasteiger partial charge in [-0.2, -0.15) is 0 Å². The Morgan fingerprint density at radius 3 is 2.83 bits per heavy atom. The highest BCUT2D eigenvalue weighted by molar-refractivity contribution is 5.81. The zero-order valence-electron chi connectivity index (χ0n) is 17.7. The van der Waals surface area contributed by atoms with E-state index in [0.717, 1.165) is 56.2 Å². The van der Waals surface area contributed by atoms with Crippen LogP contribution in [0.5, 0.6) is 0 Å². The van der Waals surface area contributed by atoms with E-state index in [1.54, 1.807) is 0 Å². The highest BCUT2D eigenvalue weighted by Gasteiger charge is 2.16. The Bertz CT molecular complexity index is 822. The zero-order valence-corrected chi connectivity index (χ0v) is 17.7. The predicted octanol–water partition coefficient (Wildman–Crippen LogP) is 2.74. The van der Waals surface area contributed by atoms with Crippen molar-refractivity contribution in [2.24, 2.45) is 4.99 Å². The number of para-hydroxylation sites is 2. The molecule has 3 N–H and O–H groups in total. The summed E-state index contributed by atoms with van der Waals surface area (Å²) >= 11 is 0. The van der Waals surface area contributed by atoms with Gasteiger partial charge in [0.1, 0.15) is 5.82 Å². The van der Waals surface area contributed by atoms with E-state index in [9.17, 15) is 4.79 Å². The van der Waals surface area contributed by atoms with E-state index >= 15 is 0 Å². The lowest BCUT2D eigenvalue weighted by atomic mass is 10.2. The fourth-order valence-electron chi connectivity index (χ4n) is 3.90. The number of aromatic nitrogens is 2. The molecule has 1 amide bonds. The van der Waals surface area contributed by atoms with Crippen LogP contribution in [0, 0.1) is 6.92 Å². The molecular formula is C22H34N6O. The molecule has 0 aliphatic heterocycles. The normalized spacial score (nSPS) is 15.0. The van der Waals surface area contributed by atoms with Gasteiger partial charge < -0.3 is 20.5 Å². The zero-order chi connectivity index (χ0) is 20.5. The van der Waals surface area contributed by atoms with Gasteiger partial charge in [-0.05, 0) is 45.2 Å². The van der Waals surface area contributed by atoms with Crippen LogP contribution in [-0.4, -0.2) is 47.1 Å². The Morgan fingerprint density at radius 1 is 1.24 bits per heavy atom. The molecule has 1 aliphatic carbocycles. The van der Waals surface area contributed by atoms with E-state index in [0.29, 0.717) is 19.0 Å². The number of imidazole rings is 1. The first kappa shape index (κ1) is 21.1. The van der Waals surface area contributed by atoms with Crippen molar-refractivity contribution in [3.05, 3.63) is 30.1 Å². The van der Waals surface area contributed by atoms with Gasteiger partial charge in [-0.15, -0.1) is 0 Å². The predicted molar refractivity (Wildman–Crippen MR) is 118 cm³/mol. The van der Waals surface area contributed by atoms with Crippen LogP contribution in [-0.2, 0) is 11.3 Å². The maximum absolute atomic E-state index is 12.0. The van der Waals surface area contributed by atoms with Crippen LogP contribution in [0.1, 0.15) is 51.3 Å². The Hall–Kier alpha value is -2.57. The quantitative estimate of drug-likeness (QED) is 0.345. The van der Waals surface area contributed by atoms with Gasteiger partial charge in [-0.25, -0.2) is 4.98 Å². The molecule has 7 nitrogen and oxygen atoms in total. The first-order valence-corrected chi connectivity index (χ1v) is 10.9. The van der Waals surface area contributed by atoms with Crippen LogP contribution in [0.25, 0.3) is 11.0 Å². The molecule has 0 bridgehead atoms. The van der Waals surface area contributed by atoms with E-state index in [-0.39, 0.29) is 5.91 Å². The van der Waals surface area contributed by atoms with Crippen molar-refractivity contribution in [2.45, 2.75) is 65.0 Å². The van der Waals surface area contributed by atoms with Crippen molar-refractivity contribution in [1.82, 2.24) is 25.5 Å². The molecule has 29 heavy (non-hydrogen) atoms. The van der Waals surface area contributed by atoms with Crippen molar-refractivity contribution in [3.8, 4) is 0 Å². The molecule has 3 rings (SSSR count). The van der Waals surface area contributed by atoms with Crippen molar-refractivity contribution in [2.75, 3.05) is 19.6 Å².